The lowest BCUT2D eigenvalue weighted by atomic mass is 10.2. The molecule has 0 unspecified atom stereocenters. The van der Waals surface area contributed by atoms with Crippen molar-refractivity contribution in [2.75, 3.05) is 11.9 Å². The summed E-state index contributed by atoms with van der Waals surface area (Å²) in [5.74, 6) is 0.261. The van der Waals surface area contributed by atoms with E-state index < -0.39 is 12.6 Å². The zero-order valence-corrected chi connectivity index (χ0v) is 12.5. The topological polar surface area (TPSA) is 37.8 Å². The number of hydrogen-bond acceptors (Lipinski definition) is 3. The second kappa shape index (κ2) is 7.07. The Bertz CT molecular complexity index is 421. The molecule has 3 nitrogen and oxygen atoms in total. The average Bonchev–Trinajstić information content (AvgIpc) is 2.29. The van der Waals surface area contributed by atoms with Crippen LogP contribution in [0.25, 0.3) is 0 Å². The van der Waals surface area contributed by atoms with Crippen molar-refractivity contribution in [3.05, 3.63) is 16.0 Å². The molecule has 0 aliphatic heterocycles. The number of hydrogen-bond donors (Lipinski definition) is 1. The minimum atomic E-state index is -4.29. The van der Waals surface area contributed by atoms with Crippen molar-refractivity contribution in [1.82, 2.24) is 9.97 Å². The molecule has 0 spiro atoms. The van der Waals surface area contributed by atoms with E-state index in [9.17, 15) is 13.2 Å². The van der Waals surface area contributed by atoms with Gasteiger partial charge in [0, 0.05) is 6.54 Å². The lowest BCUT2D eigenvalue weighted by molar-refractivity contribution is -0.128. The third-order valence-corrected chi connectivity index (χ3v) is 3.19. The maximum atomic E-state index is 12.4. The van der Waals surface area contributed by atoms with Gasteiger partial charge < -0.3 is 5.32 Å². The van der Waals surface area contributed by atoms with E-state index in [0.717, 1.165) is 12.8 Å². The molecule has 0 amide bonds. The van der Waals surface area contributed by atoms with Gasteiger partial charge in [0.1, 0.15) is 18.1 Å². The highest BCUT2D eigenvalue weighted by Crippen LogP contribution is 2.27. The van der Waals surface area contributed by atoms with E-state index in [1.165, 1.54) is 0 Å². The van der Waals surface area contributed by atoms with Crippen molar-refractivity contribution in [3.8, 4) is 0 Å². The van der Waals surface area contributed by atoms with Gasteiger partial charge in [-0.2, -0.15) is 13.2 Å². The summed E-state index contributed by atoms with van der Waals surface area (Å²) in [5.41, 5.74) is 0.621. The van der Waals surface area contributed by atoms with Gasteiger partial charge in [-0.1, -0.05) is 20.3 Å². The van der Waals surface area contributed by atoms with Crippen LogP contribution in [-0.4, -0.2) is 22.7 Å². The van der Waals surface area contributed by atoms with Crippen LogP contribution >= 0.6 is 15.9 Å². The highest BCUT2D eigenvalue weighted by Gasteiger charge is 2.30. The van der Waals surface area contributed by atoms with Crippen molar-refractivity contribution in [3.63, 3.8) is 0 Å². The minimum absolute atomic E-state index is 0.183. The van der Waals surface area contributed by atoms with Crippen LogP contribution in [0.1, 0.15) is 38.2 Å². The summed E-state index contributed by atoms with van der Waals surface area (Å²) in [6, 6.07) is 0. The third-order valence-electron chi connectivity index (χ3n) is 2.35. The van der Waals surface area contributed by atoms with Crippen LogP contribution in [-0.2, 0) is 12.8 Å². The Labute approximate surface area is 119 Å². The van der Waals surface area contributed by atoms with Gasteiger partial charge in [0.05, 0.1) is 10.2 Å². The fraction of sp³-hybridized carbons (Fsp3) is 0.667. The Morgan fingerprint density at radius 2 is 1.84 bits per heavy atom. The van der Waals surface area contributed by atoms with E-state index in [1.807, 2.05) is 13.8 Å². The van der Waals surface area contributed by atoms with Crippen molar-refractivity contribution in [2.24, 2.45) is 0 Å². The normalized spacial score (nSPS) is 11.7. The zero-order chi connectivity index (χ0) is 14.5. The molecule has 1 heterocycles. The first-order valence-electron chi connectivity index (χ1n) is 6.23. The number of alkyl halides is 3. The lowest BCUT2D eigenvalue weighted by Crippen LogP contribution is -2.17. The monoisotopic (exact) mass is 339 g/mol. The number of aromatic nitrogens is 2. The number of nitrogens with one attached hydrogen (secondary N) is 1. The first-order chi connectivity index (χ1) is 8.87. The van der Waals surface area contributed by atoms with Gasteiger partial charge in [-0.25, -0.2) is 9.97 Å². The first kappa shape index (κ1) is 16.2. The molecule has 0 bridgehead atoms. The van der Waals surface area contributed by atoms with Gasteiger partial charge in [0.15, 0.2) is 0 Å². The fourth-order valence-electron chi connectivity index (χ4n) is 1.57. The summed E-state index contributed by atoms with van der Waals surface area (Å²) in [6.07, 6.45) is -3.09. The van der Waals surface area contributed by atoms with E-state index in [1.54, 1.807) is 0 Å². The molecule has 0 saturated heterocycles. The molecule has 0 aliphatic rings. The number of nitrogens with zero attached hydrogens (tertiary/aromatic N) is 2. The van der Waals surface area contributed by atoms with Gasteiger partial charge in [-0.05, 0) is 28.8 Å². The minimum Gasteiger partial charge on any atom is -0.369 e. The maximum absolute atomic E-state index is 12.4. The summed E-state index contributed by atoms with van der Waals surface area (Å²) in [4.78, 5) is 7.95. The molecule has 1 aromatic rings. The first-order valence-corrected chi connectivity index (χ1v) is 7.02. The van der Waals surface area contributed by atoms with E-state index in [4.69, 9.17) is 0 Å². The number of aryl methyl sites for hydroxylation is 1. The maximum Gasteiger partial charge on any atom is 0.396 e. The average molecular weight is 340 g/mol. The van der Waals surface area contributed by atoms with Crippen molar-refractivity contribution >= 4 is 21.7 Å². The molecule has 1 N–H and O–H groups in total. The van der Waals surface area contributed by atoms with Crippen molar-refractivity contribution in [1.29, 1.82) is 0 Å². The molecule has 0 aromatic carbocycles. The number of halogens is 4. The molecule has 0 radical (unpaired) electrons. The molecule has 0 fully saturated rings. The summed E-state index contributed by atoms with van der Waals surface area (Å²) in [6.45, 7) is 4.59. The van der Waals surface area contributed by atoms with Crippen molar-refractivity contribution in [2.45, 2.75) is 45.7 Å². The Kier molecular flexibility index (Phi) is 6.03. The predicted molar refractivity (Wildman–Crippen MR) is 72.3 cm³/mol. The lowest BCUT2D eigenvalue weighted by Gasteiger charge is -2.13. The highest BCUT2D eigenvalue weighted by atomic mass is 79.9. The van der Waals surface area contributed by atoms with Gasteiger partial charge in [-0.15, -0.1) is 0 Å². The van der Waals surface area contributed by atoms with Crippen LogP contribution < -0.4 is 5.32 Å². The Balaban J connectivity index is 3.07. The van der Waals surface area contributed by atoms with Crippen LogP contribution in [0.5, 0.6) is 0 Å². The highest BCUT2D eigenvalue weighted by molar-refractivity contribution is 9.10. The Hall–Kier alpha value is -0.850. The molecule has 1 rings (SSSR count). The SMILES string of the molecule is CCCNc1nc(CC(F)(F)F)nc(CCC)c1Br. The smallest absolute Gasteiger partial charge is 0.369 e. The van der Waals surface area contributed by atoms with E-state index in [-0.39, 0.29) is 5.82 Å². The Morgan fingerprint density at radius 1 is 1.16 bits per heavy atom. The molecular formula is C12H17BrF3N3. The standard InChI is InChI=1S/C12H17BrF3N3/c1-3-5-8-10(13)11(17-6-4-2)19-9(18-8)7-12(14,15)16/h3-7H2,1-2H3,(H,17,18,19). The number of rotatable bonds is 6. The molecule has 0 atom stereocenters. The van der Waals surface area contributed by atoms with Crippen LogP contribution in [0, 0.1) is 0 Å². The molecular weight excluding hydrogens is 323 g/mol. The van der Waals surface area contributed by atoms with Gasteiger partial charge in [0.25, 0.3) is 0 Å². The zero-order valence-electron chi connectivity index (χ0n) is 10.9. The quantitative estimate of drug-likeness (QED) is 0.847. The second-order valence-corrected chi connectivity index (χ2v) is 5.01. The molecule has 108 valence electrons. The largest absolute Gasteiger partial charge is 0.396 e. The van der Waals surface area contributed by atoms with Crippen LogP contribution in [0.2, 0.25) is 0 Å². The summed E-state index contributed by atoms with van der Waals surface area (Å²) in [7, 11) is 0. The molecule has 7 heteroatoms. The molecule has 0 saturated carbocycles. The van der Waals surface area contributed by atoms with Gasteiger partial charge in [0.2, 0.25) is 0 Å². The van der Waals surface area contributed by atoms with E-state index >= 15 is 0 Å². The summed E-state index contributed by atoms with van der Waals surface area (Å²) >= 11 is 3.36. The van der Waals surface area contributed by atoms with Gasteiger partial charge in [-0.3, -0.25) is 0 Å². The van der Waals surface area contributed by atoms with E-state index in [2.05, 4.69) is 31.2 Å². The second-order valence-electron chi connectivity index (χ2n) is 4.22. The molecule has 1 aromatic heterocycles. The van der Waals surface area contributed by atoms with Crippen LogP contribution in [0.3, 0.4) is 0 Å². The van der Waals surface area contributed by atoms with Crippen LogP contribution in [0.15, 0.2) is 4.47 Å². The fourth-order valence-corrected chi connectivity index (χ4v) is 2.08. The van der Waals surface area contributed by atoms with Crippen LogP contribution in [0.4, 0.5) is 19.0 Å². The Morgan fingerprint density at radius 3 is 2.37 bits per heavy atom. The third kappa shape index (κ3) is 5.34. The van der Waals surface area contributed by atoms with Crippen molar-refractivity contribution < 1.29 is 13.2 Å². The molecule has 19 heavy (non-hydrogen) atoms. The van der Waals surface area contributed by atoms with Gasteiger partial charge >= 0.3 is 6.18 Å². The molecule has 0 aliphatic carbocycles. The predicted octanol–water partition coefficient (Wildman–Crippen LogP) is 4.12. The summed E-state index contributed by atoms with van der Waals surface area (Å²) < 4.78 is 38.0. The number of anilines is 1. The van der Waals surface area contributed by atoms with E-state index in [0.29, 0.717) is 29.0 Å². The summed E-state index contributed by atoms with van der Waals surface area (Å²) in [5, 5.41) is 3.02.